The highest BCUT2D eigenvalue weighted by atomic mass is 16.2. The molecule has 34 heavy (non-hydrogen) atoms. The Kier molecular flexibility index (Phi) is 7.54. The van der Waals surface area contributed by atoms with E-state index in [1.165, 1.54) is 0 Å². The zero-order valence-corrected chi connectivity index (χ0v) is 19.4. The summed E-state index contributed by atoms with van der Waals surface area (Å²) in [5.74, 6) is -0.289. The molecule has 0 unspecified atom stereocenters. The maximum absolute atomic E-state index is 13.1. The molecule has 0 aliphatic carbocycles. The minimum atomic E-state index is -0.281. The molecule has 0 radical (unpaired) electrons. The fourth-order valence-corrected chi connectivity index (χ4v) is 4.17. The highest BCUT2D eigenvalue weighted by molar-refractivity contribution is 5.94. The van der Waals surface area contributed by atoms with Crippen LogP contribution in [0.2, 0.25) is 0 Å². The Balaban J connectivity index is 1.31. The van der Waals surface area contributed by atoms with Gasteiger partial charge in [0.2, 0.25) is 5.91 Å². The predicted molar refractivity (Wildman–Crippen MR) is 132 cm³/mol. The molecule has 1 N–H and O–H groups in total. The van der Waals surface area contributed by atoms with Crippen molar-refractivity contribution in [1.29, 1.82) is 0 Å². The second-order valence-electron chi connectivity index (χ2n) is 8.67. The number of aromatic nitrogens is 1. The Labute approximate surface area is 199 Å². The van der Waals surface area contributed by atoms with Crippen LogP contribution in [0.15, 0.2) is 77.7 Å². The van der Waals surface area contributed by atoms with Crippen LogP contribution in [-0.2, 0) is 17.9 Å². The van der Waals surface area contributed by atoms with Gasteiger partial charge in [-0.3, -0.25) is 19.3 Å². The van der Waals surface area contributed by atoms with Gasteiger partial charge in [0, 0.05) is 38.9 Å². The van der Waals surface area contributed by atoms with E-state index >= 15 is 0 Å². The highest BCUT2D eigenvalue weighted by Gasteiger charge is 2.25. The minimum Gasteiger partial charge on any atom is -0.351 e. The van der Waals surface area contributed by atoms with Crippen LogP contribution in [0.5, 0.6) is 0 Å². The van der Waals surface area contributed by atoms with Crippen LogP contribution in [0.25, 0.3) is 0 Å². The summed E-state index contributed by atoms with van der Waals surface area (Å²) >= 11 is 0. The summed E-state index contributed by atoms with van der Waals surface area (Å²) < 4.78 is 1.58. The standard InChI is InChI=1S/C27H30N4O3/c1-21-7-5-10-23(17-21)19-31-12-6-11-24(27(31)34)26(33)30-15-13-29(14-16-30)20-25(32)28-18-22-8-3-2-4-9-22/h2-12,17H,13-16,18-20H2,1H3,(H,28,32). The Bertz CT molecular complexity index is 1200. The van der Waals surface area contributed by atoms with E-state index in [0.29, 0.717) is 45.8 Å². The highest BCUT2D eigenvalue weighted by Crippen LogP contribution is 2.09. The topological polar surface area (TPSA) is 74.7 Å². The molecule has 3 aromatic rings. The SMILES string of the molecule is Cc1cccc(Cn2cccc(C(=O)N3CCN(CC(=O)NCc4ccccc4)CC3)c2=O)c1. The van der Waals surface area contributed by atoms with Gasteiger partial charge in [0.15, 0.2) is 0 Å². The number of benzene rings is 2. The van der Waals surface area contributed by atoms with Crippen LogP contribution >= 0.6 is 0 Å². The molecule has 1 fully saturated rings. The van der Waals surface area contributed by atoms with Crippen molar-refractivity contribution < 1.29 is 9.59 Å². The van der Waals surface area contributed by atoms with Crippen molar-refractivity contribution in [3.8, 4) is 0 Å². The fourth-order valence-electron chi connectivity index (χ4n) is 4.17. The first-order valence-electron chi connectivity index (χ1n) is 11.6. The smallest absolute Gasteiger partial charge is 0.263 e. The molecular formula is C27H30N4O3. The number of carbonyl (C=O) groups excluding carboxylic acids is 2. The summed E-state index contributed by atoms with van der Waals surface area (Å²) in [6.45, 7) is 5.38. The Hall–Kier alpha value is -3.71. The minimum absolute atomic E-state index is 0.0364. The van der Waals surface area contributed by atoms with Crippen LogP contribution < -0.4 is 10.9 Å². The third kappa shape index (κ3) is 5.99. The second kappa shape index (κ2) is 10.9. The largest absolute Gasteiger partial charge is 0.351 e. The predicted octanol–water partition coefficient (Wildman–Crippen LogP) is 2.28. The lowest BCUT2D eigenvalue weighted by Gasteiger charge is -2.34. The van der Waals surface area contributed by atoms with E-state index in [9.17, 15) is 14.4 Å². The second-order valence-corrected chi connectivity index (χ2v) is 8.67. The molecule has 4 rings (SSSR count). The molecular weight excluding hydrogens is 428 g/mol. The van der Waals surface area contributed by atoms with Crippen molar-refractivity contribution >= 4 is 11.8 Å². The normalized spacial score (nSPS) is 14.1. The van der Waals surface area contributed by atoms with E-state index in [1.54, 1.807) is 27.8 Å². The van der Waals surface area contributed by atoms with Gasteiger partial charge in [-0.15, -0.1) is 0 Å². The van der Waals surface area contributed by atoms with Gasteiger partial charge in [-0.2, -0.15) is 0 Å². The maximum Gasteiger partial charge on any atom is 0.263 e. The lowest BCUT2D eigenvalue weighted by atomic mass is 10.1. The molecule has 0 saturated carbocycles. The molecule has 176 valence electrons. The molecule has 7 heteroatoms. The Morgan fingerprint density at radius 1 is 0.882 bits per heavy atom. The molecule has 2 heterocycles. The number of rotatable bonds is 7. The molecule has 2 aromatic carbocycles. The van der Waals surface area contributed by atoms with Gasteiger partial charge >= 0.3 is 0 Å². The van der Waals surface area contributed by atoms with Gasteiger partial charge < -0.3 is 14.8 Å². The third-order valence-corrected chi connectivity index (χ3v) is 6.05. The molecule has 0 spiro atoms. The summed E-state index contributed by atoms with van der Waals surface area (Å²) in [6, 6.07) is 21.1. The number of carbonyl (C=O) groups is 2. The average molecular weight is 459 g/mol. The van der Waals surface area contributed by atoms with E-state index < -0.39 is 0 Å². The third-order valence-electron chi connectivity index (χ3n) is 6.05. The van der Waals surface area contributed by atoms with E-state index in [4.69, 9.17) is 0 Å². The lowest BCUT2D eigenvalue weighted by Crippen LogP contribution is -2.51. The zero-order chi connectivity index (χ0) is 23.9. The number of amides is 2. The first-order chi connectivity index (χ1) is 16.5. The summed E-state index contributed by atoms with van der Waals surface area (Å²) in [5.41, 5.74) is 3.11. The van der Waals surface area contributed by atoms with Gasteiger partial charge in [0.05, 0.1) is 13.1 Å². The van der Waals surface area contributed by atoms with Gasteiger partial charge in [0.1, 0.15) is 5.56 Å². The number of aryl methyl sites for hydroxylation is 1. The summed E-state index contributed by atoms with van der Waals surface area (Å²) in [7, 11) is 0. The number of nitrogens with zero attached hydrogens (tertiary/aromatic N) is 3. The van der Waals surface area contributed by atoms with Crippen molar-refractivity contribution in [3.05, 3.63) is 106 Å². The van der Waals surface area contributed by atoms with E-state index in [-0.39, 0.29) is 22.9 Å². The summed E-state index contributed by atoms with van der Waals surface area (Å²) in [4.78, 5) is 42.1. The molecule has 0 bridgehead atoms. The van der Waals surface area contributed by atoms with Crippen LogP contribution in [0, 0.1) is 6.92 Å². The van der Waals surface area contributed by atoms with Crippen molar-refractivity contribution in [2.75, 3.05) is 32.7 Å². The average Bonchev–Trinajstić information content (AvgIpc) is 2.85. The monoisotopic (exact) mass is 458 g/mol. The molecule has 0 atom stereocenters. The number of hydrogen-bond donors (Lipinski definition) is 1. The lowest BCUT2D eigenvalue weighted by molar-refractivity contribution is -0.122. The number of piperazine rings is 1. The molecule has 1 saturated heterocycles. The van der Waals surface area contributed by atoms with Crippen LogP contribution in [0.1, 0.15) is 27.0 Å². The Morgan fingerprint density at radius 3 is 2.35 bits per heavy atom. The Morgan fingerprint density at radius 2 is 1.62 bits per heavy atom. The number of nitrogens with one attached hydrogen (secondary N) is 1. The quantitative estimate of drug-likeness (QED) is 0.590. The molecule has 1 aliphatic heterocycles. The van der Waals surface area contributed by atoms with Crippen molar-refractivity contribution in [3.63, 3.8) is 0 Å². The van der Waals surface area contributed by atoms with Crippen LogP contribution in [-0.4, -0.2) is 58.9 Å². The van der Waals surface area contributed by atoms with Crippen molar-refractivity contribution in [1.82, 2.24) is 19.7 Å². The first-order valence-corrected chi connectivity index (χ1v) is 11.6. The number of pyridine rings is 1. The van der Waals surface area contributed by atoms with Gasteiger partial charge in [0.25, 0.3) is 11.5 Å². The molecule has 1 aliphatic rings. The summed E-state index contributed by atoms with van der Waals surface area (Å²) in [5, 5.41) is 2.94. The first kappa shape index (κ1) is 23.4. The maximum atomic E-state index is 13.1. The fraction of sp³-hybridized carbons (Fsp3) is 0.296. The van der Waals surface area contributed by atoms with E-state index in [1.807, 2.05) is 66.4 Å². The van der Waals surface area contributed by atoms with E-state index in [2.05, 4.69) is 5.32 Å². The number of hydrogen-bond acceptors (Lipinski definition) is 4. The molecule has 2 amide bonds. The van der Waals surface area contributed by atoms with Gasteiger partial charge in [-0.05, 0) is 30.2 Å². The van der Waals surface area contributed by atoms with Crippen molar-refractivity contribution in [2.45, 2.75) is 20.0 Å². The molecule has 1 aromatic heterocycles. The zero-order valence-electron chi connectivity index (χ0n) is 19.4. The van der Waals surface area contributed by atoms with Crippen LogP contribution in [0.3, 0.4) is 0 Å². The summed E-state index contributed by atoms with van der Waals surface area (Å²) in [6.07, 6.45) is 1.72. The van der Waals surface area contributed by atoms with Gasteiger partial charge in [-0.25, -0.2) is 0 Å². The van der Waals surface area contributed by atoms with Gasteiger partial charge in [-0.1, -0.05) is 60.2 Å². The van der Waals surface area contributed by atoms with Crippen LogP contribution in [0.4, 0.5) is 0 Å². The van der Waals surface area contributed by atoms with E-state index in [0.717, 1.165) is 16.7 Å². The molecule has 7 nitrogen and oxygen atoms in total. The van der Waals surface area contributed by atoms with Crippen molar-refractivity contribution in [2.24, 2.45) is 0 Å².